The summed E-state index contributed by atoms with van der Waals surface area (Å²) in [6.45, 7) is 1.18. The van der Waals surface area contributed by atoms with Crippen LogP contribution in [0, 0.1) is 0 Å². The molecule has 2 aliphatic rings. The standard InChI is InChI=1S/C22H28N2O3S/c1-27-21-10-6-9-18(15-21)22(17-7-4-3-5-8-17)24-19-11-12-20(24)16-23(14-13-19)28(2,25)26/h3-10,15,19-20,22H,11-14,16H2,1-2H3. The van der Waals surface area contributed by atoms with Crippen molar-refractivity contribution in [3.8, 4) is 5.75 Å². The number of hydrogen-bond acceptors (Lipinski definition) is 4. The Morgan fingerprint density at radius 1 is 0.964 bits per heavy atom. The van der Waals surface area contributed by atoms with E-state index >= 15 is 0 Å². The largest absolute Gasteiger partial charge is 0.497 e. The second-order valence-electron chi connectivity index (χ2n) is 7.83. The molecule has 150 valence electrons. The lowest BCUT2D eigenvalue weighted by atomic mass is 9.95. The Morgan fingerprint density at radius 3 is 2.39 bits per heavy atom. The lowest BCUT2D eigenvalue weighted by Gasteiger charge is -2.37. The zero-order valence-corrected chi connectivity index (χ0v) is 17.3. The van der Waals surface area contributed by atoms with Crippen molar-refractivity contribution < 1.29 is 13.2 Å². The molecule has 0 amide bonds. The van der Waals surface area contributed by atoms with Crippen molar-refractivity contribution >= 4 is 10.0 Å². The van der Waals surface area contributed by atoms with Crippen molar-refractivity contribution in [1.29, 1.82) is 0 Å². The highest BCUT2D eigenvalue weighted by Crippen LogP contribution is 2.41. The van der Waals surface area contributed by atoms with Gasteiger partial charge in [-0.15, -0.1) is 0 Å². The molecule has 2 aromatic carbocycles. The van der Waals surface area contributed by atoms with Crippen LogP contribution in [0.2, 0.25) is 0 Å². The molecule has 0 saturated carbocycles. The molecule has 0 aliphatic carbocycles. The van der Waals surface area contributed by atoms with E-state index in [2.05, 4.69) is 41.3 Å². The molecule has 2 aromatic rings. The van der Waals surface area contributed by atoms with Crippen LogP contribution >= 0.6 is 0 Å². The topological polar surface area (TPSA) is 49.9 Å². The first-order chi connectivity index (χ1) is 13.5. The molecular formula is C22H28N2O3S. The Hall–Kier alpha value is -1.89. The number of fused-ring (bicyclic) bond motifs is 2. The summed E-state index contributed by atoms with van der Waals surface area (Å²) in [4.78, 5) is 2.56. The highest BCUT2D eigenvalue weighted by Gasteiger charge is 2.43. The van der Waals surface area contributed by atoms with Gasteiger partial charge < -0.3 is 4.74 Å². The molecule has 3 atom stereocenters. The molecule has 0 N–H and O–H groups in total. The monoisotopic (exact) mass is 400 g/mol. The predicted molar refractivity (Wildman–Crippen MR) is 111 cm³/mol. The van der Waals surface area contributed by atoms with E-state index in [1.807, 2.05) is 18.2 Å². The predicted octanol–water partition coefficient (Wildman–Crippen LogP) is 3.28. The maximum atomic E-state index is 12.2. The van der Waals surface area contributed by atoms with E-state index in [0.29, 0.717) is 19.1 Å². The third kappa shape index (κ3) is 3.81. The van der Waals surface area contributed by atoms with Crippen LogP contribution in [-0.2, 0) is 10.0 Å². The van der Waals surface area contributed by atoms with E-state index < -0.39 is 10.0 Å². The van der Waals surface area contributed by atoms with Crippen LogP contribution < -0.4 is 4.74 Å². The molecule has 2 bridgehead atoms. The zero-order valence-electron chi connectivity index (χ0n) is 16.5. The number of sulfonamides is 1. The molecule has 0 aromatic heterocycles. The van der Waals surface area contributed by atoms with Gasteiger partial charge in [0.05, 0.1) is 19.4 Å². The number of benzene rings is 2. The Kier molecular flexibility index (Phi) is 5.45. The fraction of sp³-hybridized carbons (Fsp3) is 0.455. The van der Waals surface area contributed by atoms with E-state index in [0.717, 1.165) is 25.0 Å². The summed E-state index contributed by atoms with van der Waals surface area (Å²) in [5.41, 5.74) is 2.43. The summed E-state index contributed by atoms with van der Waals surface area (Å²) in [5.74, 6) is 0.846. The van der Waals surface area contributed by atoms with Crippen LogP contribution in [0.1, 0.15) is 36.4 Å². The third-order valence-corrected chi connectivity index (χ3v) is 7.36. The quantitative estimate of drug-likeness (QED) is 0.773. The Morgan fingerprint density at radius 2 is 1.68 bits per heavy atom. The van der Waals surface area contributed by atoms with Gasteiger partial charge in [-0.2, -0.15) is 0 Å². The van der Waals surface area contributed by atoms with Crippen LogP contribution in [0.25, 0.3) is 0 Å². The summed E-state index contributed by atoms with van der Waals surface area (Å²) < 4.78 is 31.6. The lowest BCUT2D eigenvalue weighted by Crippen LogP contribution is -2.43. The lowest BCUT2D eigenvalue weighted by molar-refractivity contribution is 0.155. The number of ether oxygens (including phenoxy) is 1. The minimum absolute atomic E-state index is 0.0910. The zero-order chi connectivity index (χ0) is 19.7. The van der Waals surface area contributed by atoms with Gasteiger partial charge in [0, 0.05) is 25.2 Å². The summed E-state index contributed by atoms with van der Waals surface area (Å²) in [5, 5.41) is 0. The van der Waals surface area contributed by atoms with Gasteiger partial charge in [-0.1, -0.05) is 42.5 Å². The maximum Gasteiger partial charge on any atom is 0.211 e. The third-order valence-electron chi connectivity index (χ3n) is 6.09. The fourth-order valence-corrected chi connectivity index (χ4v) is 5.67. The average Bonchev–Trinajstić information content (AvgIpc) is 2.95. The summed E-state index contributed by atoms with van der Waals surface area (Å²) in [6.07, 6.45) is 4.35. The van der Waals surface area contributed by atoms with Gasteiger partial charge >= 0.3 is 0 Å². The molecule has 2 fully saturated rings. The molecule has 2 saturated heterocycles. The summed E-state index contributed by atoms with van der Waals surface area (Å²) in [7, 11) is -1.48. The molecule has 2 aliphatic heterocycles. The Labute approximate surface area is 168 Å². The van der Waals surface area contributed by atoms with E-state index in [-0.39, 0.29) is 12.1 Å². The van der Waals surface area contributed by atoms with E-state index in [1.54, 1.807) is 11.4 Å². The number of nitrogens with zero attached hydrogens (tertiary/aromatic N) is 2. The molecule has 6 heteroatoms. The van der Waals surface area contributed by atoms with Crippen molar-refractivity contribution in [2.75, 3.05) is 26.5 Å². The van der Waals surface area contributed by atoms with Crippen LogP contribution in [0.5, 0.6) is 5.75 Å². The van der Waals surface area contributed by atoms with Crippen LogP contribution in [-0.4, -0.2) is 56.2 Å². The van der Waals surface area contributed by atoms with Crippen molar-refractivity contribution in [3.05, 3.63) is 65.7 Å². The smallest absolute Gasteiger partial charge is 0.211 e. The van der Waals surface area contributed by atoms with Gasteiger partial charge in [0.2, 0.25) is 10.0 Å². The number of rotatable bonds is 5. The molecule has 4 rings (SSSR count). The summed E-state index contributed by atoms with van der Waals surface area (Å²) >= 11 is 0. The first-order valence-electron chi connectivity index (χ1n) is 9.89. The second kappa shape index (κ2) is 7.85. The highest BCUT2D eigenvalue weighted by atomic mass is 32.2. The van der Waals surface area contributed by atoms with Crippen LogP contribution in [0.15, 0.2) is 54.6 Å². The van der Waals surface area contributed by atoms with Gasteiger partial charge in [0.15, 0.2) is 0 Å². The number of methoxy groups -OCH3 is 1. The van der Waals surface area contributed by atoms with Crippen molar-refractivity contribution in [3.63, 3.8) is 0 Å². The normalized spacial score (nSPS) is 24.6. The van der Waals surface area contributed by atoms with Crippen LogP contribution in [0.3, 0.4) is 0 Å². The van der Waals surface area contributed by atoms with Crippen LogP contribution in [0.4, 0.5) is 0 Å². The molecule has 2 heterocycles. The van der Waals surface area contributed by atoms with Gasteiger partial charge in [0.25, 0.3) is 0 Å². The van der Waals surface area contributed by atoms with Gasteiger partial charge in [0.1, 0.15) is 5.75 Å². The second-order valence-corrected chi connectivity index (χ2v) is 9.81. The minimum atomic E-state index is -3.17. The molecule has 0 radical (unpaired) electrons. The number of hydrogen-bond donors (Lipinski definition) is 0. The highest BCUT2D eigenvalue weighted by molar-refractivity contribution is 7.88. The molecule has 0 spiro atoms. The molecule has 5 nitrogen and oxygen atoms in total. The Bertz CT molecular complexity index is 916. The van der Waals surface area contributed by atoms with Crippen molar-refractivity contribution in [2.24, 2.45) is 0 Å². The first kappa shape index (κ1) is 19.4. The van der Waals surface area contributed by atoms with Gasteiger partial charge in [-0.3, -0.25) is 4.90 Å². The maximum absolute atomic E-state index is 12.2. The minimum Gasteiger partial charge on any atom is -0.497 e. The van der Waals surface area contributed by atoms with Gasteiger partial charge in [-0.05, 0) is 42.5 Å². The van der Waals surface area contributed by atoms with E-state index in [9.17, 15) is 8.42 Å². The average molecular weight is 401 g/mol. The SMILES string of the molecule is COc1cccc(C(c2ccccc2)N2C3CCC2CN(S(C)(=O)=O)CC3)c1. The van der Waals surface area contributed by atoms with Crippen molar-refractivity contribution in [1.82, 2.24) is 9.21 Å². The Balaban J connectivity index is 1.76. The summed E-state index contributed by atoms with van der Waals surface area (Å²) in [6, 6.07) is 19.5. The van der Waals surface area contributed by atoms with Gasteiger partial charge in [-0.25, -0.2) is 12.7 Å². The molecule has 3 unspecified atom stereocenters. The first-order valence-corrected chi connectivity index (χ1v) is 11.7. The molecular weight excluding hydrogens is 372 g/mol. The van der Waals surface area contributed by atoms with Crippen molar-refractivity contribution in [2.45, 2.75) is 37.4 Å². The van der Waals surface area contributed by atoms with E-state index in [1.165, 1.54) is 17.4 Å². The molecule has 28 heavy (non-hydrogen) atoms. The van der Waals surface area contributed by atoms with E-state index in [4.69, 9.17) is 4.74 Å². The fourth-order valence-electron chi connectivity index (χ4n) is 4.79.